The number of benzene rings is 1. The average Bonchev–Trinajstić information content (AvgIpc) is 2.41. The van der Waals surface area contributed by atoms with Gasteiger partial charge in [0.05, 0.1) is 0 Å². The zero-order valence-corrected chi connectivity index (χ0v) is 11.4. The van der Waals surface area contributed by atoms with E-state index in [2.05, 4.69) is 10.3 Å². The monoisotopic (exact) mass is 315 g/mol. The second kappa shape index (κ2) is 6.01. The van der Waals surface area contributed by atoms with Crippen LogP contribution in [0.25, 0.3) is 0 Å². The summed E-state index contributed by atoms with van der Waals surface area (Å²) in [6, 6.07) is 3.52. The van der Waals surface area contributed by atoms with Crippen LogP contribution in [0, 0.1) is 17.5 Å². The SMILES string of the molecule is CNc1cc(C(=O)Nc2c(F)cc(F)cc2F)cc(Cl)n1. The Morgan fingerprint density at radius 2 is 1.76 bits per heavy atom. The molecule has 0 aliphatic heterocycles. The number of amides is 1. The molecule has 110 valence electrons. The highest BCUT2D eigenvalue weighted by atomic mass is 35.5. The highest BCUT2D eigenvalue weighted by Crippen LogP contribution is 2.22. The van der Waals surface area contributed by atoms with Crippen molar-refractivity contribution in [3.05, 3.63) is 52.4 Å². The third kappa shape index (κ3) is 3.43. The van der Waals surface area contributed by atoms with Crippen molar-refractivity contribution in [2.24, 2.45) is 0 Å². The minimum absolute atomic E-state index is 0.0343. The van der Waals surface area contributed by atoms with Crippen LogP contribution < -0.4 is 10.6 Å². The van der Waals surface area contributed by atoms with E-state index in [0.29, 0.717) is 18.0 Å². The quantitative estimate of drug-likeness (QED) is 0.853. The smallest absolute Gasteiger partial charge is 0.256 e. The number of anilines is 2. The molecular formula is C13H9ClF3N3O. The van der Waals surface area contributed by atoms with Gasteiger partial charge < -0.3 is 10.6 Å². The lowest BCUT2D eigenvalue weighted by Crippen LogP contribution is -2.15. The molecule has 0 bridgehead atoms. The van der Waals surface area contributed by atoms with Crippen LogP contribution in [0.2, 0.25) is 5.15 Å². The van der Waals surface area contributed by atoms with Crippen LogP contribution in [-0.2, 0) is 0 Å². The second-order valence-electron chi connectivity index (χ2n) is 4.01. The number of carbonyl (C=O) groups excluding carboxylic acids is 1. The molecule has 0 fully saturated rings. The van der Waals surface area contributed by atoms with E-state index in [1.165, 1.54) is 12.1 Å². The molecule has 0 radical (unpaired) electrons. The molecule has 1 heterocycles. The molecular weight excluding hydrogens is 307 g/mol. The van der Waals surface area contributed by atoms with Crippen molar-refractivity contribution in [1.82, 2.24) is 4.98 Å². The normalized spacial score (nSPS) is 10.3. The van der Waals surface area contributed by atoms with E-state index >= 15 is 0 Å². The van der Waals surface area contributed by atoms with Gasteiger partial charge in [-0.05, 0) is 12.1 Å². The minimum atomic E-state index is -1.21. The topological polar surface area (TPSA) is 54.0 Å². The fraction of sp³-hybridized carbons (Fsp3) is 0.0769. The van der Waals surface area contributed by atoms with Crippen molar-refractivity contribution in [2.45, 2.75) is 0 Å². The van der Waals surface area contributed by atoms with Gasteiger partial charge in [0.15, 0.2) is 11.6 Å². The minimum Gasteiger partial charge on any atom is -0.373 e. The molecule has 2 aromatic rings. The van der Waals surface area contributed by atoms with Crippen LogP contribution in [0.4, 0.5) is 24.7 Å². The summed E-state index contributed by atoms with van der Waals surface area (Å²) in [7, 11) is 1.57. The molecule has 8 heteroatoms. The van der Waals surface area contributed by atoms with Gasteiger partial charge in [0.2, 0.25) is 0 Å². The Morgan fingerprint density at radius 1 is 1.14 bits per heavy atom. The Bertz CT molecular complexity index is 686. The van der Waals surface area contributed by atoms with Crippen molar-refractivity contribution in [1.29, 1.82) is 0 Å². The van der Waals surface area contributed by atoms with Crippen LogP contribution in [0.15, 0.2) is 24.3 Å². The van der Waals surface area contributed by atoms with Crippen LogP contribution >= 0.6 is 11.6 Å². The zero-order valence-electron chi connectivity index (χ0n) is 10.7. The highest BCUT2D eigenvalue weighted by Gasteiger charge is 2.16. The Labute approximate surface area is 122 Å². The van der Waals surface area contributed by atoms with Crippen molar-refractivity contribution < 1.29 is 18.0 Å². The summed E-state index contributed by atoms with van der Waals surface area (Å²) < 4.78 is 39.7. The highest BCUT2D eigenvalue weighted by molar-refractivity contribution is 6.30. The van der Waals surface area contributed by atoms with E-state index in [4.69, 9.17) is 11.6 Å². The van der Waals surface area contributed by atoms with Crippen molar-refractivity contribution >= 4 is 29.0 Å². The molecule has 0 spiro atoms. The molecule has 21 heavy (non-hydrogen) atoms. The summed E-state index contributed by atoms with van der Waals surface area (Å²) >= 11 is 5.73. The van der Waals surface area contributed by atoms with Gasteiger partial charge in [-0.2, -0.15) is 0 Å². The molecule has 2 N–H and O–H groups in total. The first-order valence-corrected chi connectivity index (χ1v) is 6.09. The van der Waals surface area contributed by atoms with E-state index in [9.17, 15) is 18.0 Å². The molecule has 1 amide bonds. The largest absolute Gasteiger partial charge is 0.373 e. The maximum Gasteiger partial charge on any atom is 0.256 e. The standard InChI is InChI=1S/C13H9ClF3N3O/c1-18-11-3-6(2-10(14)19-11)13(21)20-12-8(16)4-7(15)5-9(12)17/h2-5H,1H3,(H,18,19)(H,20,21). The van der Waals surface area contributed by atoms with Crippen LogP contribution in [0.3, 0.4) is 0 Å². The molecule has 4 nitrogen and oxygen atoms in total. The van der Waals surface area contributed by atoms with Gasteiger partial charge in [0.25, 0.3) is 5.91 Å². The molecule has 0 atom stereocenters. The van der Waals surface area contributed by atoms with Gasteiger partial charge in [-0.1, -0.05) is 11.6 Å². The molecule has 1 aromatic heterocycles. The lowest BCUT2D eigenvalue weighted by atomic mass is 10.2. The fourth-order valence-corrected chi connectivity index (χ4v) is 1.81. The fourth-order valence-electron chi connectivity index (χ4n) is 1.60. The Hall–Kier alpha value is -2.28. The number of aromatic nitrogens is 1. The zero-order chi connectivity index (χ0) is 15.6. The lowest BCUT2D eigenvalue weighted by Gasteiger charge is -2.09. The Kier molecular flexibility index (Phi) is 4.32. The van der Waals surface area contributed by atoms with Gasteiger partial charge in [0, 0.05) is 24.7 Å². The molecule has 0 aliphatic rings. The number of nitrogens with one attached hydrogen (secondary N) is 2. The number of halogens is 4. The number of pyridine rings is 1. The summed E-state index contributed by atoms with van der Waals surface area (Å²) in [5.74, 6) is -4.00. The third-order valence-corrected chi connectivity index (χ3v) is 2.75. The van der Waals surface area contributed by atoms with Gasteiger partial charge in [-0.25, -0.2) is 18.2 Å². The predicted octanol–water partition coefficient (Wildman–Crippen LogP) is 3.45. The van der Waals surface area contributed by atoms with Crippen molar-refractivity contribution in [3.63, 3.8) is 0 Å². The van der Waals surface area contributed by atoms with E-state index in [0.717, 1.165) is 0 Å². The maximum absolute atomic E-state index is 13.5. The molecule has 0 aliphatic carbocycles. The summed E-state index contributed by atoms with van der Waals surface area (Å²) in [5, 5.41) is 4.75. The summed E-state index contributed by atoms with van der Waals surface area (Å²) in [6.07, 6.45) is 0. The van der Waals surface area contributed by atoms with Crippen molar-refractivity contribution in [2.75, 3.05) is 17.7 Å². The molecule has 0 unspecified atom stereocenters. The lowest BCUT2D eigenvalue weighted by molar-refractivity contribution is 0.102. The second-order valence-corrected chi connectivity index (χ2v) is 4.40. The van der Waals surface area contributed by atoms with E-state index in [-0.39, 0.29) is 10.7 Å². The number of nitrogens with zero attached hydrogens (tertiary/aromatic N) is 1. The van der Waals surface area contributed by atoms with E-state index in [1.807, 2.05) is 5.32 Å². The average molecular weight is 316 g/mol. The first-order valence-electron chi connectivity index (χ1n) is 5.72. The van der Waals surface area contributed by atoms with E-state index < -0.39 is 29.0 Å². The van der Waals surface area contributed by atoms with Gasteiger partial charge in [-0.15, -0.1) is 0 Å². The summed E-state index contributed by atoms with van der Waals surface area (Å²) in [4.78, 5) is 15.8. The number of hydrogen-bond donors (Lipinski definition) is 2. The van der Waals surface area contributed by atoms with Crippen LogP contribution in [0.1, 0.15) is 10.4 Å². The van der Waals surface area contributed by atoms with Crippen molar-refractivity contribution in [3.8, 4) is 0 Å². The Balaban J connectivity index is 2.32. The summed E-state index contributed by atoms with van der Waals surface area (Å²) in [6.45, 7) is 0. The van der Waals surface area contributed by atoms with Gasteiger partial charge >= 0.3 is 0 Å². The molecule has 1 aromatic carbocycles. The maximum atomic E-state index is 13.5. The Morgan fingerprint density at radius 3 is 2.33 bits per heavy atom. The number of carbonyl (C=O) groups is 1. The first-order chi connectivity index (χ1) is 9.90. The number of hydrogen-bond acceptors (Lipinski definition) is 3. The number of rotatable bonds is 3. The first kappa shape index (κ1) is 15.1. The molecule has 0 saturated carbocycles. The van der Waals surface area contributed by atoms with E-state index in [1.54, 1.807) is 7.05 Å². The van der Waals surface area contributed by atoms with Crippen LogP contribution in [-0.4, -0.2) is 17.9 Å². The summed E-state index contributed by atoms with van der Waals surface area (Å²) in [5.41, 5.74) is -0.692. The van der Waals surface area contributed by atoms with Gasteiger partial charge in [0.1, 0.15) is 22.5 Å². The predicted molar refractivity (Wildman–Crippen MR) is 73.1 cm³/mol. The molecule has 0 saturated heterocycles. The third-order valence-electron chi connectivity index (χ3n) is 2.56. The van der Waals surface area contributed by atoms with Gasteiger partial charge in [-0.3, -0.25) is 4.79 Å². The molecule has 2 rings (SSSR count). The van der Waals surface area contributed by atoms with Crippen LogP contribution in [0.5, 0.6) is 0 Å².